The van der Waals surface area contributed by atoms with Crippen LogP contribution in [0, 0.1) is 6.92 Å². The number of hydrogen-bond donors (Lipinski definition) is 1. The molecule has 0 spiro atoms. The predicted molar refractivity (Wildman–Crippen MR) is 64.4 cm³/mol. The van der Waals surface area contributed by atoms with Gasteiger partial charge in [-0.1, -0.05) is 17.7 Å². The van der Waals surface area contributed by atoms with E-state index in [1.165, 1.54) is 0 Å². The molecule has 0 aromatic heterocycles. The molecule has 1 aliphatic carbocycles. The SMILES string of the molecule is Cc1ccc(C(=O)NC2CC2)c(Cl)c1Br. The van der Waals surface area contributed by atoms with Crippen molar-refractivity contribution in [3.8, 4) is 0 Å². The minimum Gasteiger partial charge on any atom is -0.349 e. The van der Waals surface area contributed by atoms with Crippen LogP contribution in [0.25, 0.3) is 0 Å². The standard InChI is InChI=1S/C11H11BrClNO/c1-6-2-5-8(10(13)9(6)12)11(15)14-7-3-4-7/h2,5,7H,3-4H2,1H3,(H,14,15). The summed E-state index contributed by atoms with van der Waals surface area (Å²) in [6.07, 6.45) is 2.16. The number of carbonyl (C=O) groups is 1. The Kier molecular flexibility index (Phi) is 3.03. The van der Waals surface area contributed by atoms with Gasteiger partial charge in [-0.05, 0) is 47.3 Å². The molecule has 2 nitrogen and oxygen atoms in total. The minimum atomic E-state index is -0.0804. The summed E-state index contributed by atoms with van der Waals surface area (Å²) >= 11 is 9.46. The van der Waals surface area contributed by atoms with Crippen molar-refractivity contribution < 1.29 is 4.79 Å². The first kappa shape index (κ1) is 11.0. The molecule has 2 rings (SSSR count). The summed E-state index contributed by atoms with van der Waals surface area (Å²) in [7, 11) is 0. The molecule has 0 radical (unpaired) electrons. The van der Waals surface area contributed by atoms with Crippen LogP contribution in [0.15, 0.2) is 16.6 Å². The fourth-order valence-corrected chi connectivity index (χ4v) is 1.96. The molecule has 1 N–H and O–H groups in total. The predicted octanol–water partition coefficient (Wildman–Crippen LogP) is 3.30. The van der Waals surface area contributed by atoms with Gasteiger partial charge in [0.05, 0.1) is 10.6 Å². The van der Waals surface area contributed by atoms with Gasteiger partial charge < -0.3 is 5.32 Å². The van der Waals surface area contributed by atoms with Crippen LogP contribution in [0.2, 0.25) is 5.02 Å². The van der Waals surface area contributed by atoms with E-state index >= 15 is 0 Å². The first-order valence-corrected chi connectivity index (χ1v) is 6.02. The average Bonchev–Trinajstić information content (AvgIpc) is 2.98. The number of aryl methyl sites for hydroxylation is 1. The Morgan fingerprint density at radius 2 is 2.20 bits per heavy atom. The van der Waals surface area contributed by atoms with E-state index in [2.05, 4.69) is 21.2 Å². The third-order valence-corrected chi connectivity index (χ3v) is 4.08. The van der Waals surface area contributed by atoms with Crippen LogP contribution >= 0.6 is 27.5 Å². The van der Waals surface area contributed by atoms with Crippen molar-refractivity contribution in [3.63, 3.8) is 0 Å². The highest BCUT2D eigenvalue weighted by molar-refractivity contribution is 9.10. The van der Waals surface area contributed by atoms with Crippen molar-refractivity contribution in [1.82, 2.24) is 5.32 Å². The molecule has 0 saturated heterocycles. The largest absolute Gasteiger partial charge is 0.349 e. The van der Waals surface area contributed by atoms with Crippen LogP contribution in [-0.2, 0) is 0 Å². The molecular formula is C11H11BrClNO. The maximum atomic E-state index is 11.8. The van der Waals surface area contributed by atoms with Gasteiger partial charge in [-0.2, -0.15) is 0 Å². The van der Waals surface area contributed by atoms with Crippen LogP contribution in [0.1, 0.15) is 28.8 Å². The number of amides is 1. The molecule has 0 aliphatic heterocycles. The van der Waals surface area contributed by atoms with E-state index in [1.54, 1.807) is 6.07 Å². The molecule has 0 bridgehead atoms. The van der Waals surface area contributed by atoms with Gasteiger partial charge in [-0.15, -0.1) is 0 Å². The number of rotatable bonds is 2. The smallest absolute Gasteiger partial charge is 0.253 e. The van der Waals surface area contributed by atoms with E-state index in [1.807, 2.05) is 13.0 Å². The summed E-state index contributed by atoms with van der Waals surface area (Å²) in [5, 5.41) is 3.41. The lowest BCUT2D eigenvalue weighted by Crippen LogP contribution is -2.25. The molecule has 1 saturated carbocycles. The van der Waals surface area contributed by atoms with Crippen LogP contribution < -0.4 is 5.32 Å². The summed E-state index contributed by atoms with van der Waals surface area (Å²) in [5.41, 5.74) is 1.57. The van der Waals surface area contributed by atoms with Gasteiger partial charge in [0.2, 0.25) is 0 Å². The highest BCUT2D eigenvalue weighted by Gasteiger charge is 2.25. The van der Waals surface area contributed by atoms with E-state index in [9.17, 15) is 4.79 Å². The molecule has 0 atom stereocenters. The zero-order valence-electron chi connectivity index (χ0n) is 8.31. The summed E-state index contributed by atoms with van der Waals surface area (Å²) in [6.45, 7) is 1.94. The van der Waals surface area contributed by atoms with Crippen molar-refractivity contribution in [3.05, 3.63) is 32.8 Å². The summed E-state index contributed by atoms with van der Waals surface area (Å²) in [6, 6.07) is 4.01. The lowest BCUT2D eigenvalue weighted by molar-refractivity contribution is 0.0951. The third kappa shape index (κ3) is 2.34. The lowest BCUT2D eigenvalue weighted by Gasteiger charge is -2.08. The quantitative estimate of drug-likeness (QED) is 0.889. The van der Waals surface area contributed by atoms with E-state index in [-0.39, 0.29) is 5.91 Å². The molecule has 1 aromatic rings. The third-order valence-electron chi connectivity index (χ3n) is 2.43. The summed E-state index contributed by atoms with van der Waals surface area (Å²) < 4.78 is 0.799. The zero-order chi connectivity index (χ0) is 11.0. The average molecular weight is 289 g/mol. The Morgan fingerprint density at radius 1 is 1.53 bits per heavy atom. The molecule has 0 unspecified atom stereocenters. The monoisotopic (exact) mass is 287 g/mol. The van der Waals surface area contributed by atoms with E-state index in [0.29, 0.717) is 16.6 Å². The maximum Gasteiger partial charge on any atom is 0.253 e. The summed E-state index contributed by atoms with van der Waals surface area (Å²) in [4.78, 5) is 11.8. The first-order valence-electron chi connectivity index (χ1n) is 4.85. The molecule has 4 heteroatoms. The number of halogens is 2. The number of hydrogen-bond acceptors (Lipinski definition) is 1. The summed E-state index contributed by atoms with van der Waals surface area (Å²) in [5.74, 6) is -0.0804. The van der Waals surface area contributed by atoms with Gasteiger partial charge in [0.25, 0.3) is 5.91 Å². The fourth-order valence-electron chi connectivity index (χ4n) is 1.31. The van der Waals surface area contributed by atoms with Crippen molar-refractivity contribution in [2.45, 2.75) is 25.8 Å². The Balaban J connectivity index is 2.26. The topological polar surface area (TPSA) is 29.1 Å². The molecule has 1 aromatic carbocycles. The molecule has 1 amide bonds. The zero-order valence-corrected chi connectivity index (χ0v) is 10.7. The number of carbonyl (C=O) groups excluding carboxylic acids is 1. The van der Waals surface area contributed by atoms with Gasteiger partial charge in [-0.25, -0.2) is 0 Å². The van der Waals surface area contributed by atoms with E-state index in [4.69, 9.17) is 11.6 Å². The second kappa shape index (κ2) is 4.14. The van der Waals surface area contributed by atoms with Gasteiger partial charge >= 0.3 is 0 Å². The van der Waals surface area contributed by atoms with Crippen molar-refractivity contribution in [1.29, 1.82) is 0 Å². The molecule has 15 heavy (non-hydrogen) atoms. The van der Waals surface area contributed by atoms with Crippen molar-refractivity contribution >= 4 is 33.4 Å². The van der Waals surface area contributed by atoms with Crippen molar-refractivity contribution in [2.24, 2.45) is 0 Å². The Hall–Kier alpha value is -0.540. The highest BCUT2D eigenvalue weighted by atomic mass is 79.9. The molecule has 0 heterocycles. The fraction of sp³-hybridized carbons (Fsp3) is 0.364. The number of benzene rings is 1. The Morgan fingerprint density at radius 3 is 2.80 bits per heavy atom. The molecule has 80 valence electrons. The molecule has 1 aliphatic rings. The second-order valence-corrected chi connectivity index (χ2v) is 4.98. The minimum absolute atomic E-state index is 0.0804. The van der Waals surface area contributed by atoms with Gasteiger partial charge in [-0.3, -0.25) is 4.79 Å². The van der Waals surface area contributed by atoms with Crippen LogP contribution in [0.5, 0.6) is 0 Å². The molecule has 1 fully saturated rings. The van der Waals surface area contributed by atoms with Gasteiger partial charge in [0.15, 0.2) is 0 Å². The van der Waals surface area contributed by atoms with Gasteiger partial charge in [0, 0.05) is 10.5 Å². The highest BCUT2D eigenvalue weighted by Crippen LogP contribution is 2.30. The molecular weight excluding hydrogens is 277 g/mol. The Bertz CT molecular complexity index is 415. The second-order valence-electron chi connectivity index (χ2n) is 3.81. The van der Waals surface area contributed by atoms with Crippen LogP contribution in [0.4, 0.5) is 0 Å². The van der Waals surface area contributed by atoms with E-state index < -0.39 is 0 Å². The van der Waals surface area contributed by atoms with E-state index in [0.717, 1.165) is 22.9 Å². The normalized spacial score (nSPS) is 15.1. The maximum absolute atomic E-state index is 11.8. The lowest BCUT2D eigenvalue weighted by atomic mass is 10.1. The van der Waals surface area contributed by atoms with Crippen LogP contribution in [-0.4, -0.2) is 11.9 Å². The van der Waals surface area contributed by atoms with Gasteiger partial charge in [0.1, 0.15) is 0 Å². The Labute approximate surface area is 102 Å². The van der Waals surface area contributed by atoms with Crippen LogP contribution in [0.3, 0.4) is 0 Å². The number of nitrogens with one attached hydrogen (secondary N) is 1. The van der Waals surface area contributed by atoms with Crippen molar-refractivity contribution in [2.75, 3.05) is 0 Å². The first-order chi connectivity index (χ1) is 7.09.